The van der Waals surface area contributed by atoms with Crippen LogP contribution >= 0.6 is 0 Å². The van der Waals surface area contributed by atoms with Crippen molar-refractivity contribution in [3.8, 4) is 11.8 Å². The van der Waals surface area contributed by atoms with E-state index in [1.807, 2.05) is 18.2 Å². The Balaban J connectivity index is 2.08. The second kappa shape index (κ2) is 3.51. The Morgan fingerprint density at radius 3 is 2.68 bits per heavy atom. The average molecular weight is 256 g/mol. The number of carbonyl (C=O) groups excluding carboxylic acids is 1. The highest BCUT2D eigenvalue weighted by atomic mass is 16.5. The predicted octanol–water partition coefficient (Wildman–Crippen LogP) is 2.23. The summed E-state index contributed by atoms with van der Waals surface area (Å²) in [5.74, 6) is 0.642. The second-order valence-electron chi connectivity index (χ2n) is 6.00. The first kappa shape index (κ1) is 12.0. The normalized spacial score (nSPS) is 27.3. The number of amides is 1. The average Bonchev–Trinajstić information content (AvgIpc) is 2.97. The molecule has 4 heteroatoms. The highest BCUT2D eigenvalue weighted by Gasteiger charge is 2.63. The second-order valence-corrected chi connectivity index (χ2v) is 6.00. The molecule has 1 aliphatic carbocycles. The van der Waals surface area contributed by atoms with Crippen LogP contribution in [0.15, 0.2) is 18.2 Å². The molecule has 3 rings (SSSR count). The van der Waals surface area contributed by atoms with Crippen molar-refractivity contribution in [3.05, 3.63) is 23.8 Å². The maximum absolute atomic E-state index is 11.7. The van der Waals surface area contributed by atoms with Crippen molar-refractivity contribution in [2.75, 3.05) is 18.6 Å². The van der Waals surface area contributed by atoms with Crippen LogP contribution in [0.3, 0.4) is 0 Å². The number of anilines is 1. The van der Waals surface area contributed by atoms with Gasteiger partial charge in [-0.25, -0.2) is 0 Å². The number of benzene rings is 1. The van der Waals surface area contributed by atoms with E-state index in [4.69, 9.17) is 4.74 Å². The summed E-state index contributed by atoms with van der Waals surface area (Å²) in [5.41, 5.74) is 1.30. The number of nitriles is 1. The molecule has 1 saturated carbocycles. The minimum atomic E-state index is -0.427. The van der Waals surface area contributed by atoms with E-state index >= 15 is 0 Å². The van der Waals surface area contributed by atoms with E-state index in [0.717, 1.165) is 17.7 Å². The van der Waals surface area contributed by atoms with Crippen LogP contribution in [0.2, 0.25) is 0 Å². The number of likely N-dealkylation sites (N-methyl/N-ethyl adjacent to an activating group) is 1. The lowest BCUT2D eigenvalue weighted by molar-refractivity contribution is -0.120. The van der Waals surface area contributed by atoms with Gasteiger partial charge in [-0.05, 0) is 29.5 Å². The van der Waals surface area contributed by atoms with Crippen molar-refractivity contribution in [1.82, 2.24) is 0 Å². The standard InChI is InChI=1S/C15H16N2O2/c1-14(2)8-15(14,9-16)10-4-5-12-11(6-10)17(3)13(18)7-19-12/h4-6H,7-8H2,1-3H3. The van der Waals surface area contributed by atoms with Crippen LogP contribution in [-0.2, 0) is 10.2 Å². The summed E-state index contributed by atoms with van der Waals surface area (Å²) in [6.45, 7) is 4.28. The number of nitrogens with zero attached hydrogens (tertiary/aromatic N) is 2. The van der Waals surface area contributed by atoms with Crippen molar-refractivity contribution in [1.29, 1.82) is 5.26 Å². The molecule has 4 nitrogen and oxygen atoms in total. The Labute approximate surface area is 112 Å². The van der Waals surface area contributed by atoms with E-state index in [2.05, 4.69) is 19.9 Å². The van der Waals surface area contributed by atoms with Crippen molar-refractivity contribution >= 4 is 11.6 Å². The molecule has 0 aromatic heterocycles. The molecule has 1 aromatic carbocycles. The molecule has 1 atom stereocenters. The lowest BCUT2D eigenvalue weighted by Crippen LogP contribution is -2.35. The Hall–Kier alpha value is -2.02. The van der Waals surface area contributed by atoms with Gasteiger partial charge < -0.3 is 9.64 Å². The molecule has 19 heavy (non-hydrogen) atoms. The summed E-state index contributed by atoms with van der Waals surface area (Å²) in [5, 5.41) is 9.51. The van der Waals surface area contributed by atoms with Crippen LogP contribution in [0.1, 0.15) is 25.8 Å². The Bertz CT molecular complexity index is 615. The topological polar surface area (TPSA) is 53.3 Å². The molecule has 0 radical (unpaired) electrons. The minimum Gasteiger partial charge on any atom is -0.482 e. The molecular weight excluding hydrogens is 240 g/mol. The third-order valence-electron chi connectivity index (χ3n) is 4.47. The number of rotatable bonds is 1. The first-order valence-corrected chi connectivity index (χ1v) is 6.36. The molecule has 0 saturated heterocycles. The highest BCUT2D eigenvalue weighted by molar-refractivity contribution is 5.97. The van der Waals surface area contributed by atoms with Gasteiger partial charge in [0.15, 0.2) is 6.61 Å². The summed E-state index contributed by atoms with van der Waals surface area (Å²) in [7, 11) is 1.74. The monoisotopic (exact) mass is 256 g/mol. The van der Waals surface area contributed by atoms with Gasteiger partial charge in [0.2, 0.25) is 0 Å². The lowest BCUT2D eigenvalue weighted by Gasteiger charge is -2.27. The highest BCUT2D eigenvalue weighted by Crippen LogP contribution is 2.64. The Morgan fingerprint density at radius 2 is 2.11 bits per heavy atom. The molecule has 0 spiro atoms. The fourth-order valence-corrected chi connectivity index (χ4v) is 2.90. The first-order valence-electron chi connectivity index (χ1n) is 6.36. The Kier molecular flexibility index (Phi) is 2.22. The molecule has 0 N–H and O–H groups in total. The fraction of sp³-hybridized carbons (Fsp3) is 0.467. The molecule has 1 amide bonds. The van der Waals surface area contributed by atoms with E-state index in [9.17, 15) is 10.1 Å². The Morgan fingerprint density at radius 1 is 1.42 bits per heavy atom. The maximum Gasteiger partial charge on any atom is 0.264 e. The summed E-state index contributed by atoms with van der Waals surface area (Å²) in [6, 6.07) is 8.18. The van der Waals surface area contributed by atoms with E-state index in [-0.39, 0.29) is 17.9 Å². The number of ether oxygens (including phenoxy) is 1. The zero-order valence-electron chi connectivity index (χ0n) is 11.4. The summed E-state index contributed by atoms with van der Waals surface area (Å²) < 4.78 is 5.41. The van der Waals surface area contributed by atoms with Crippen LogP contribution in [-0.4, -0.2) is 19.6 Å². The van der Waals surface area contributed by atoms with Crippen LogP contribution in [0.5, 0.6) is 5.75 Å². The molecule has 0 bridgehead atoms. The van der Waals surface area contributed by atoms with Crippen LogP contribution < -0.4 is 9.64 Å². The SMILES string of the molecule is CN1C(=O)COc2ccc(C3(C#N)CC3(C)C)cc21. The summed E-state index contributed by atoms with van der Waals surface area (Å²) >= 11 is 0. The molecule has 1 unspecified atom stereocenters. The van der Waals surface area contributed by atoms with Crippen molar-refractivity contribution in [2.45, 2.75) is 25.7 Å². The van der Waals surface area contributed by atoms with E-state index in [1.165, 1.54) is 0 Å². The minimum absolute atomic E-state index is 0.00586. The smallest absolute Gasteiger partial charge is 0.264 e. The van der Waals surface area contributed by atoms with Crippen molar-refractivity contribution in [3.63, 3.8) is 0 Å². The summed E-state index contributed by atoms with van der Waals surface area (Å²) in [4.78, 5) is 13.3. The molecule has 1 aromatic rings. The van der Waals surface area contributed by atoms with Gasteiger partial charge in [-0.3, -0.25) is 4.79 Å². The summed E-state index contributed by atoms with van der Waals surface area (Å²) in [6.07, 6.45) is 0.855. The number of carbonyl (C=O) groups is 1. The molecule has 1 aliphatic heterocycles. The lowest BCUT2D eigenvalue weighted by atomic mass is 9.89. The van der Waals surface area contributed by atoms with E-state index < -0.39 is 5.41 Å². The van der Waals surface area contributed by atoms with Crippen LogP contribution in [0.25, 0.3) is 0 Å². The van der Waals surface area contributed by atoms with Gasteiger partial charge in [-0.2, -0.15) is 5.26 Å². The van der Waals surface area contributed by atoms with E-state index in [1.54, 1.807) is 11.9 Å². The quantitative estimate of drug-likeness (QED) is 0.774. The maximum atomic E-state index is 11.7. The van der Waals surface area contributed by atoms with Crippen LogP contribution in [0, 0.1) is 16.7 Å². The molecule has 1 heterocycles. The predicted molar refractivity (Wildman–Crippen MR) is 71.0 cm³/mol. The van der Waals surface area contributed by atoms with Gasteiger partial charge >= 0.3 is 0 Å². The van der Waals surface area contributed by atoms with Gasteiger partial charge in [0.25, 0.3) is 5.91 Å². The van der Waals surface area contributed by atoms with Crippen molar-refractivity contribution in [2.24, 2.45) is 5.41 Å². The zero-order chi connectivity index (χ0) is 13.8. The molecule has 98 valence electrons. The van der Waals surface area contributed by atoms with Crippen molar-refractivity contribution < 1.29 is 9.53 Å². The fourth-order valence-electron chi connectivity index (χ4n) is 2.90. The number of hydrogen-bond acceptors (Lipinski definition) is 3. The zero-order valence-corrected chi connectivity index (χ0v) is 11.4. The van der Waals surface area contributed by atoms with Gasteiger partial charge in [0.1, 0.15) is 5.75 Å². The molecule has 2 aliphatic rings. The van der Waals surface area contributed by atoms with E-state index in [0.29, 0.717) is 5.75 Å². The number of hydrogen-bond donors (Lipinski definition) is 0. The molecular formula is C15H16N2O2. The number of fused-ring (bicyclic) bond motifs is 1. The molecule has 1 fully saturated rings. The largest absolute Gasteiger partial charge is 0.482 e. The van der Waals surface area contributed by atoms with Gasteiger partial charge in [-0.15, -0.1) is 0 Å². The van der Waals surface area contributed by atoms with Gasteiger partial charge in [-0.1, -0.05) is 19.9 Å². The van der Waals surface area contributed by atoms with Gasteiger partial charge in [0, 0.05) is 7.05 Å². The third-order valence-corrected chi connectivity index (χ3v) is 4.47. The third kappa shape index (κ3) is 1.48. The van der Waals surface area contributed by atoms with Crippen LogP contribution in [0.4, 0.5) is 5.69 Å². The van der Waals surface area contributed by atoms with Gasteiger partial charge in [0.05, 0.1) is 17.2 Å². The first-order chi connectivity index (χ1) is 8.91.